The van der Waals surface area contributed by atoms with Crippen LogP contribution in [0.1, 0.15) is 81.0 Å². The highest BCUT2D eigenvalue weighted by Gasteiger charge is 2.51. The van der Waals surface area contributed by atoms with E-state index in [1.165, 1.54) is 48.4 Å². The first-order valence-electron chi connectivity index (χ1n) is 17.7. The molecule has 3 aromatic carbocycles. The Morgan fingerprint density at radius 2 is 1.44 bits per heavy atom. The quantitative estimate of drug-likeness (QED) is 0.217. The fourth-order valence-corrected chi connectivity index (χ4v) is 9.79. The minimum atomic E-state index is -3.83. The molecule has 0 radical (unpaired) electrons. The van der Waals surface area contributed by atoms with Gasteiger partial charge in [-0.15, -0.1) is 0 Å². The summed E-state index contributed by atoms with van der Waals surface area (Å²) in [5, 5.41) is 3.09. The van der Waals surface area contributed by atoms with Crippen molar-refractivity contribution in [2.24, 2.45) is 17.8 Å². The van der Waals surface area contributed by atoms with E-state index in [1.807, 2.05) is 87.5 Å². The molecule has 0 spiro atoms. The molecule has 8 heteroatoms. The van der Waals surface area contributed by atoms with Crippen LogP contribution in [0.2, 0.25) is 0 Å². The summed E-state index contributed by atoms with van der Waals surface area (Å²) in [6.07, 6.45) is 9.96. The number of hydrogen-bond donors (Lipinski definition) is 1. The average Bonchev–Trinajstić information content (AvgIpc) is 3.05. The number of nitrogens with one attached hydrogen (secondary N) is 1. The lowest BCUT2D eigenvalue weighted by molar-refractivity contribution is -0.140. The molecule has 0 aliphatic heterocycles. The molecule has 256 valence electrons. The van der Waals surface area contributed by atoms with Gasteiger partial charge in [-0.05, 0) is 111 Å². The number of rotatable bonds is 13. The van der Waals surface area contributed by atoms with Crippen molar-refractivity contribution in [3.05, 3.63) is 101 Å². The Hall–Kier alpha value is -3.65. The largest absolute Gasteiger partial charge is 0.352 e. The minimum Gasteiger partial charge on any atom is -0.352 e. The average molecular weight is 670 g/mol. The van der Waals surface area contributed by atoms with E-state index >= 15 is 0 Å². The molecule has 0 unspecified atom stereocenters. The number of carbonyl (C=O) groups excluding carboxylic acids is 2. The molecular weight excluding hydrogens is 619 g/mol. The van der Waals surface area contributed by atoms with Crippen molar-refractivity contribution in [2.45, 2.75) is 96.2 Å². The van der Waals surface area contributed by atoms with Gasteiger partial charge >= 0.3 is 0 Å². The van der Waals surface area contributed by atoms with Gasteiger partial charge in [0.2, 0.25) is 21.8 Å². The molecule has 48 heavy (non-hydrogen) atoms. The molecule has 0 aromatic heterocycles. The molecular formula is C40H51N3O4S. The first-order chi connectivity index (χ1) is 22.9. The lowest BCUT2D eigenvalue weighted by atomic mass is 9.48. The number of hydrogen-bond acceptors (Lipinski definition) is 4. The second-order valence-corrected chi connectivity index (χ2v) is 17.0. The van der Waals surface area contributed by atoms with Gasteiger partial charge in [0.1, 0.15) is 12.6 Å². The Labute approximate surface area is 287 Å². The highest BCUT2D eigenvalue weighted by Crippen LogP contribution is 2.60. The summed E-state index contributed by atoms with van der Waals surface area (Å²) in [7, 11) is -3.83. The smallest absolute Gasteiger partial charge is 0.244 e. The first kappa shape index (κ1) is 34.2. The fourth-order valence-electron chi connectivity index (χ4n) is 8.94. The molecule has 4 bridgehead atoms. The van der Waals surface area contributed by atoms with Crippen LogP contribution in [0.5, 0.6) is 0 Å². The van der Waals surface area contributed by atoms with Crippen LogP contribution in [-0.2, 0) is 38.0 Å². The molecule has 3 aromatic rings. The Kier molecular flexibility index (Phi) is 10.0. The SMILES string of the molecule is CC[C@H](C)NC(=O)[C@H](Cc1ccccc1)N(Cc1ccc(C)cc1)C(=O)CN(c1ccc(C23CC4CC(CC(C4)C2)C3)cc1)S(C)(=O)=O. The van der Waals surface area contributed by atoms with Gasteiger partial charge in [0.05, 0.1) is 11.9 Å². The van der Waals surface area contributed by atoms with Gasteiger partial charge in [0.25, 0.3) is 0 Å². The molecule has 4 saturated carbocycles. The van der Waals surface area contributed by atoms with Crippen LogP contribution in [0.4, 0.5) is 5.69 Å². The maximum Gasteiger partial charge on any atom is 0.244 e. The Morgan fingerprint density at radius 3 is 1.98 bits per heavy atom. The van der Waals surface area contributed by atoms with Gasteiger partial charge < -0.3 is 10.2 Å². The zero-order valence-corrected chi connectivity index (χ0v) is 29.7. The summed E-state index contributed by atoms with van der Waals surface area (Å²) in [6.45, 7) is 5.73. The predicted octanol–water partition coefficient (Wildman–Crippen LogP) is 6.78. The van der Waals surface area contributed by atoms with Crippen LogP contribution in [0.15, 0.2) is 78.9 Å². The van der Waals surface area contributed by atoms with Crippen molar-refractivity contribution in [2.75, 3.05) is 17.1 Å². The van der Waals surface area contributed by atoms with Gasteiger partial charge in [0.15, 0.2) is 0 Å². The maximum atomic E-state index is 14.5. The van der Waals surface area contributed by atoms with Gasteiger partial charge in [-0.25, -0.2) is 8.42 Å². The third kappa shape index (κ3) is 7.64. The van der Waals surface area contributed by atoms with Gasteiger partial charge in [-0.3, -0.25) is 13.9 Å². The topological polar surface area (TPSA) is 86.8 Å². The number of nitrogens with zero attached hydrogens (tertiary/aromatic N) is 2. The molecule has 2 atom stereocenters. The monoisotopic (exact) mass is 669 g/mol. The van der Waals surface area contributed by atoms with Gasteiger partial charge in [-0.2, -0.15) is 0 Å². The summed E-state index contributed by atoms with van der Waals surface area (Å²) in [5.41, 5.74) is 4.84. The molecule has 7 nitrogen and oxygen atoms in total. The number of sulfonamides is 1. The fraction of sp³-hybridized carbons (Fsp3) is 0.500. The van der Waals surface area contributed by atoms with Crippen LogP contribution in [0, 0.1) is 24.7 Å². The van der Waals surface area contributed by atoms with Crippen LogP contribution >= 0.6 is 0 Å². The molecule has 1 N–H and O–H groups in total. The number of benzene rings is 3. The van der Waals surface area contributed by atoms with Crippen molar-refractivity contribution in [1.29, 1.82) is 0 Å². The Balaban J connectivity index is 1.30. The summed E-state index contributed by atoms with van der Waals surface area (Å²) in [5.74, 6) is 1.75. The molecule has 4 aliphatic rings. The van der Waals surface area contributed by atoms with Crippen molar-refractivity contribution in [1.82, 2.24) is 10.2 Å². The highest BCUT2D eigenvalue weighted by atomic mass is 32.2. The third-order valence-corrected chi connectivity index (χ3v) is 12.4. The molecule has 7 rings (SSSR count). The van der Waals surface area contributed by atoms with Crippen molar-refractivity contribution >= 4 is 27.5 Å². The maximum absolute atomic E-state index is 14.5. The summed E-state index contributed by atoms with van der Waals surface area (Å²) in [6, 6.07) is 24.6. The molecule has 0 saturated heterocycles. The lowest BCUT2D eigenvalue weighted by Crippen LogP contribution is -2.54. The van der Waals surface area contributed by atoms with Gasteiger partial charge in [0, 0.05) is 19.0 Å². The summed E-state index contributed by atoms with van der Waals surface area (Å²) >= 11 is 0. The van der Waals surface area contributed by atoms with Gasteiger partial charge in [-0.1, -0.05) is 79.2 Å². The van der Waals surface area contributed by atoms with E-state index in [-0.39, 0.29) is 23.9 Å². The first-order valence-corrected chi connectivity index (χ1v) is 19.5. The zero-order chi connectivity index (χ0) is 34.1. The van der Waals surface area contributed by atoms with Crippen molar-refractivity contribution in [3.63, 3.8) is 0 Å². The third-order valence-electron chi connectivity index (χ3n) is 11.2. The van der Waals surface area contributed by atoms with E-state index in [1.54, 1.807) is 4.90 Å². The second-order valence-electron chi connectivity index (χ2n) is 15.0. The zero-order valence-electron chi connectivity index (χ0n) is 28.9. The van der Waals surface area contributed by atoms with Crippen LogP contribution in [0.25, 0.3) is 0 Å². The van der Waals surface area contributed by atoms with Crippen LogP contribution < -0.4 is 9.62 Å². The van der Waals surface area contributed by atoms with E-state index in [0.29, 0.717) is 12.1 Å². The summed E-state index contributed by atoms with van der Waals surface area (Å²) in [4.78, 5) is 30.0. The number of amides is 2. The predicted molar refractivity (Wildman–Crippen MR) is 192 cm³/mol. The Bertz CT molecular complexity index is 1650. The molecule has 0 heterocycles. The second kappa shape index (κ2) is 14.1. The number of aryl methyl sites for hydroxylation is 1. The standard InChI is InChI=1S/C40H51N3O4S/c1-5-29(3)41-39(45)37(22-30-9-7-6-8-10-30)42(26-31-13-11-28(2)12-14-31)38(44)27-43(48(4,46)47)36-17-15-35(16-18-36)40-23-32-19-33(24-40)21-34(20-32)25-40/h6-18,29,32-34,37H,5,19-27H2,1-4H3,(H,41,45)/t29-,32?,33?,34?,37-,40?/m0/s1. The summed E-state index contributed by atoms with van der Waals surface area (Å²) < 4.78 is 27.9. The number of carbonyl (C=O) groups is 2. The molecule has 2 amide bonds. The van der Waals surface area contributed by atoms with Crippen molar-refractivity contribution < 1.29 is 18.0 Å². The Morgan fingerprint density at radius 1 is 0.854 bits per heavy atom. The van der Waals surface area contributed by atoms with E-state index in [4.69, 9.17) is 0 Å². The van der Waals surface area contributed by atoms with Crippen LogP contribution in [-0.4, -0.2) is 50.0 Å². The minimum absolute atomic E-state index is 0.0768. The van der Waals surface area contributed by atoms with E-state index in [2.05, 4.69) is 17.4 Å². The highest BCUT2D eigenvalue weighted by molar-refractivity contribution is 7.92. The van der Waals surface area contributed by atoms with Crippen LogP contribution in [0.3, 0.4) is 0 Å². The van der Waals surface area contributed by atoms with E-state index in [0.717, 1.165) is 47.1 Å². The lowest BCUT2D eigenvalue weighted by Gasteiger charge is -2.57. The van der Waals surface area contributed by atoms with E-state index in [9.17, 15) is 18.0 Å². The van der Waals surface area contributed by atoms with Crippen molar-refractivity contribution in [3.8, 4) is 0 Å². The van der Waals surface area contributed by atoms with E-state index < -0.39 is 28.5 Å². The normalized spacial score (nSPS) is 24.1. The molecule has 4 aliphatic carbocycles. The number of anilines is 1. The molecule has 4 fully saturated rings.